The molecule has 7 aromatic heterocycles. The van der Waals surface area contributed by atoms with Gasteiger partial charge in [0.05, 0.1) is 83.9 Å². The Bertz CT molecular complexity index is 7560. The van der Waals surface area contributed by atoms with E-state index < -0.39 is 0 Å². The molecule has 0 N–H and O–H groups in total. The quantitative estimate of drug-likeness (QED) is 0.151. The minimum Gasteiger partial charge on any atom is -0.455 e. The second-order valence-corrected chi connectivity index (χ2v) is 28.2. The Balaban J connectivity index is 0.000000138. The van der Waals surface area contributed by atoms with Crippen LogP contribution in [0.5, 0.6) is 0 Å². The summed E-state index contributed by atoms with van der Waals surface area (Å²) in [5, 5.41) is 34.3. The van der Waals surface area contributed by atoms with Crippen LogP contribution in [0.4, 0.5) is 0 Å². The first-order chi connectivity index (χ1) is 53.2. The fraction of sp³-hybridized carbons (Fsp3) is 0.0202. The van der Waals surface area contributed by atoms with Gasteiger partial charge in [0.15, 0.2) is 0 Å². The van der Waals surface area contributed by atoms with Crippen LogP contribution in [0.1, 0.15) is 22.3 Å². The fourth-order valence-electron chi connectivity index (χ4n) is 17.0. The van der Waals surface area contributed by atoms with E-state index in [1.54, 1.807) is 0 Å². The monoisotopic (exact) mass is 1380 g/mol. The summed E-state index contributed by atoms with van der Waals surface area (Å²) in [7, 11) is 0. The SMILES string of the molecule is Cc1ccc2oc3c(ccc4c3c3cc(C)ccc3n4-c3cc(C#N)cc(-c4cccc(-n5c6ccccc6c6ccc(-c7ccccn7)cc65)c4)c3)c2c1.N#Cc1cc(-c2cccc(-n3c4ccc(-c5ccccc5)cc4c4c5oc6ccccc6c5ccc43)c2)cc(-n2c3ccccc3c3ccccc32)c1. The highest BCUT2D eigenvalue weighted by atomic mass is 16.3. The zero-order valence-electron chi connectivity index (χ0n) is 58.7. The molecular formula is C99H61N7O2. The molecule has 0 aliphatic rings. The van der Waals surface area contributed by atoms with Gasteiger partial charge in [-0.2, -0.15) is 10.5 Å². The molecule has 0 aliphatic carbocycles. The number of fused-ring (bicyclic) bond motifs is 20. The lowest BCUT2D eigenvalue weighted by atomic mass is 10.0. The molecular weight excluding hydrogens is 1320 g/mol. The maximum Gasteiger partial charge on any atom is 0.145 e. The normalized spacial score (nSPS) is 11.8. The van der Waals surface area contributed by atoms with Gasteiger partial charge in [0.1, 0.15) is 22.3 Å². The van der Waals surface area contributed by atoms with Crippen LogP contribution in [0.2, 0.25) is 0 Å². The van der Waals surface area contributed by atoms with Crippen LogP contribution in [0.25, 0.3) is 198 Å². The number of pyridine rings is 1. The van der Waals surface area contributed by atoms with Gasteiger partial charge in [-0.25, -0.2) is 0 Å². The molecule has 0 bridgehead atoms. The van der Waals surface area contributed by atoms with Crippen molar-refractivity contribution in [2.75, 3.05) is 0 Å². The van der Waals surface area contributed by atoms with E-state index in [1.165, 1.54) is 38.2 Å². The van der Waals surface area contributed by atoms with Crippen molar-refractivity contribution in [1.29, 1.82) is 10.5 Å². The molecule has 108 heavy (non-hydrogen) atoms. The lowest BCUT2D eigenvalue weighted by molar-refractivity contribution is 0.672. The average molecular weight is 1380 g/mol. The summed E-state index contributed by atoms with van der Waals surface area (Å²) in [6, 6.07) is 120. The van der Waals surface area contributed by atoms with Gasteiger partial charge in [-0.05, 0) is 211 Å². The van der Waals surface area contributed by atoms with Crippen molar-refractivity contribution >= 4 is 131 Å². The van der Waals surface area contributed by atoms with E-state index in [4.69, 9.17) is 8.83 Å². The van der Waals surface area contributed by atoms with Crippen molar-refractivity contribution < 1.29 is 8.83 Å². The van der Waals surface area contributed by atoms with E-state index in [0.29, 0.717) is 11.1 Å². The van der Waals surface area contributed by atoms with Gasteiger partial charge in [-0.1, -0.05) is 175 Å². The predicted molar refractivity (Wildman–Crippen MR) is 443 cm³/mol. The van der Waals surface area contributed by atoms with Crippen molar-refractivity contribution in [3.05, 3.63) is 356 Å². The van der Waals surface area contributed by atoms with E-state index in [1.807, 2.05) is 60.8 Å². The minimum atomic E-state index is 0.595. The summed E-state index contributed by atoms with van der Waals surface area (Å²) < 4.78 is 22.5. The highest BCUT2D eigenvalue weighted by molar-refractivity contribution is 6.26. The van der Waals surface area contributed by atoms with Crippen LogP contribution < -0.4 is 0 Å². The van der Waals surface area contributed by atoms with Gasteiger partial charge in [0.2, 0.25) is 0 Å². The van der Waals surface area contributed by atoms with E-state index >= 15 is 0 Å². The summed E-state index contributed by atoms with van der Waals surface area (Å²) in [4.78, 5) is 4.64. The highest BCUT2D eigenvalue weighted by Gasteiger charge is 2.24. The first-order valence-electron chi connectivity index (χ1n) is 36.3. The van der Waals surface area contributed by atoms with Crippen LogP contribution >= 0.6 is 0 Å². The molecule has 0 fully saturated rings. The number of para-hydroxylation sites is 4. The first kappa shape index (κ1) is 61.9. The molecule has 0 atom stereocenters. The molecule has 0 aliphatic heterocycles. The van der Waals surface area contributed by atoms with E-state index in [2.05, 4.69) is 322 Å². The Labute approximate surface area is 619 Å². The fourth-order valence-corrected chi connectivity index (χ4v) is 17.0. The molecule has 504 valence electrons. The maximum absolute atomic E-state index is 10.4. The van der Waals surface area contributed by atoms with Crippen LogP contribution in [0.15, 0.2) is 343 Å². The van der Waals surface area contributed by atoms with E-state index in [-0.39, 0.29) is 0 Å². The number of benzene rings is 15. The van der Waals surface area contributed by atoms with Crippen LogP contribution in [0.3, 0.4) is 0 Å². The molecule has 0 amide bonds. The van der Waals surface area contributed by atoms with Gasteiger partial charge in [0.25, 0.3) is 0 Å². The lowest BCUT2D eigenvalue weighted by Crippen LogP contribution is -1.97. The molecule has 0 radical (unpaired) electrons. The van der Waals surface area contributed by atoms with Crippen molar-refractivity contribution in [3.63, 3.8) is 0 Å². The van der Waals surface area contributed by atoms with Gasteiger partial charge in [-0.3, -0.25) is 4.98 Å². The molecule has 9 heteroatoms. The third-order valence-electron chi connectivity index (χ3n) is 21.8. The number of nitriles is 2. The Morgan fingerprint density at radius 1 is 0.259 bits per heavy atom. The molecule has 9 nitrogen and oxygen atoms in total. The topological polar surface area (TPSA) is 106 Å². The second-order valence-electron chi connectivity index (χ2n) is 28.2. The van der Waals surface area contributed by atoms with Crippen LogP contribution in [-0.4, -0.2) is 23.3 Å². The van der Waals surface area contributed by atoms with E-state index in [0.717, 1.165) is 171 Å². The molecule has 0 unspecified atom stereocenters. The molecule has 22 aromatic rings. The summed E-state index contributed by atoms with van der Waals surface area (Å²) >= 11 is 0. The third kappa shape index (κ3) is 9.81. The largest absolute Gasteiger partial charge is 0.455 e. The molecule has 15 aromatic carbocycles. The molecule has 0 saturated carbocycles. The Morgan fingerprint density at radius 3 is 1.29 bits per heavy atom. The number of rotatable bonds is 8. The predicted octanol–water partition coefficient (Wildman–Crippen LogP) is 26.0. The molecule has 0 saturated heterocycles. The molecule has 0 spiro atoms. The highest BCUT2D eigenvalue weighted by Crippen LogP contribution is 2.46. The Hall–Kier alpha value is -14.8. The standard InChI is InChI=1S/C50H32N4O.C49H29N3O/c1-30-13-18-45-42(23-30)49-46(19-17-40-41-22-31(2)14-20-48(41)55-50(40)49)54(45)37-25-32(29-51)24-35(27-37)33-8-7-9-36(26-33)53-44-12-4-3-10-38(44)39-16-15-34(28-47(39)53)43-11-5-6-21-52-43;50-30-31-25-35(28-37(26-31)52-43-18-7-4-15-38(43)39-16-5-8-19-44(39)52)33-13-10-14-36(27-33)51-45-23-21-34(32-11-2-1-3-12-32)29-42(45)48-46(51)24-22-41-40-17-6-9-20-47(40)53-49(41)48/h3-28H,1-2H3;1-29H. The van der Waals surface area contributed by atoms with Crippen molar-refractivity contribution in [2.45, 2.75) is 13.8 Å². The third-order valence-corrected chi connectivity index (χ3v) is 21.8. The van der Waals surface area contributed by atoms with Crippen molar-refractivity contribution in [3.8, 4) is 79.5 Å². The van der Waals surface area contributed by atoms with Gasteiger partial charge in [-0.15, -0.1) is 0 Å². The summed E-state index contributed by atoms with van der Waals surface area (Å²) in [6.07, 6.45) is 1.84. The second kappa shape index (κ2) is 24.4. The number of hydrogen-bond donors (Lipinski definition) is 0. The number of aromatic nitrogens is 5. The van der Waals surface area contributed by atoms with E-state index in [9.17, 15) is 10.5 Å². The Kier molecular flexibility index (Phi) is 14.0. The van der Waals surface area contributed by atoms with Crippen molar-refractivity contribution in [2.24, 2.45) is 0 Å². The number of aryl methyl sites for hydroxylation is 2. The van der Waals surface area contributed by atoms with Gasteiger partial charge in [0, 0.05) is 88.4 Å². The molecule has 22 rings (SSSR count). The number of hydrogen-bond acceptors (Lipinski definition) is 5. The average Bonchev–Trinajstić information content (AvgIpc) is 1.56. The summed E-state index contributed by atoms with van der Waals surface area (Å²) in [5.74, 6) is 0. The maximum atomic E-state index is 10.4. The van der Waals surface area contributed by atoms with Gasteiger partial charge >= 0.3 is 0 Å². The zero-order chi connectivity index (χ0) is 71.8. The summed E-state index contributed by atoms with van der Waals surface area (Å²) in [6.45, 7) is 4.24. The summed E-state index contributed by atoms with van der Waals surface area (Å²) in [5.41, 5.74) is 28.2. The van der Waals surface area contributed by atoms with Crippen LogP contribution in [0, 0.1) is 36.5 Å². The zero-order valence-corrected chi connectivity index (χ0v) is 58.7. The van der Waals surface area contributed by atoms with Gasteiger partial charge < -0.3 is 27.1 Å². The number of nitrogens with zero attached hydrogens (tertiary/aromatic N) is 7. The molecule has 7 heterocycles. The number of furan rings is 2. The smallest absolute Gasteiger partial charge is 0.145 e. The Morgan fingerprint density at radius 2 is 0.685 bits per heavy atom. The first-order valence-corrected chi connectivity index (χ1v) is 36.3. The lowest BCUT2D eigenvalue weighted by Gasteiger charge is -2.14. The van der Waals surface area contributed by atoms with Crippen molar-refractivity contribution in [1.82, 2.24) is 23.3 Å². The van der Waals surface area contributed by atoms with Crippen LogP contribution in [-0.2, 0) is 0 Å². The minimum absolute atomic E-state index is 0.595.